The van der Waals surface area contributed by atoms with Crippen LogP contribution in [-0.2, 0) is 22.2 Å². The number of thioether (sulfide) groups is 1. The first kappa shape index (κ1) is 25.6. The van der Waals surface area contributed by atoms with Crippen LogP contribution in [0.3, 0.4) is 0 Å². The van der Waals surface area contributed by atoms with Crippen LogP contribution in [0.5, 0.6) is 0 Å². The smallest absolute Gasteiger partial charge is 0.352 e. The normalized spacial score (nSPS) is 15.5. The highest BCUT2D eigenvalue weighted by Crippen LogP contribution is 2.42. The second-order valence-corrected chi connectivity index (χ2v) is 9.67. The maximum absolute atomic E-state index is 13.3. The van der Waals surface area contributed by atoms with Crippen molar-refractivity contribution < 1.29 is 22.8 Å². The van der Waals surface area contributed by atoms with E-state index in [1.807, 2.05) is 49.4 Å². The van der Waals surface area contributed by atoms with Crippen molar-refractivity contribution >= 4 is 35.3 Å². The van der Waals surface area contributed by atoms with Gasteiger partial charge in [0.15, 0.2) is 0 Å². The minimum atomic E-state index is -4.43. The van der Waals surface area contributed by atoms with Crippen molar-refractivity contribution in [2.24, 2.45) is 0 Å². The number of alkyl halides is 3. The van der Waals surface area contributed by atoms with Crippen molar-refractivity contribution in [2.75, 3.05) is 11.4 Å². The number of carbonyl (C=O) groups excluding carboxylic acids is 2. The van der Waals surface area contributed by atoms with E-state index in [1.54, 1.807) is 18.2 Å². The Labute approximate surface area is 212 Å². The number of fused-ring (bicyclic) bond motifs is 1. The molecule has 4 nitrogen and oxygen atoms in total. The third-order valence-corrected chi connectivity index (χ3v) is 6.86. The molecule has 0 aromatic heterocycles. The summed E-state index contributed by atoms with van der Waals surface area (Å²) >= 11 is 1.24. The first-order chi connectivity index (χ1) is 17.2. The lowest BCUT2D eigenvalue weighted by atomic mass is 10.1. The van der Waals surface area contributed by atoms with E-state index in [1.165, 1.54) is 34.4 Å². The lowest BCUT2D eigenvalue weighted by Gasteiger charge is -2.30. The average Bonchev–Trinajstić information content (AvgIpc) is 2.85. The number of para-hydroxylation sites is 1. The predicted octanol–water partition coefficient (Wildman–Crippen LogP) is 6.32. The first-order valence-corrected chi connectivity index (χ1v) is 12.3. The van der Waals surface area contributed by atoms with Gasteiger partial charge in [0, 0.05) is 10.9 Å². The van der Waals surface area contributed by atoms with Gasteiger partial charge in [0.2, 0.25) is 5.91 Å². The molecule has 3 aromatic rings. The van der Waals surface area contributed by atoms with E-state index >= 15 is 0 Å². The Kier molecular flexibility index (Phi) is 7.84. The van der Waals surface area contributed by atoms with Gasteiger partial charge in [0.25, 0.3) is 5.91 Å². The van der Waals surface area contributed by atoms with Crippen molar-refractivity contribution in [1.29, 1.82) is 0 Å². The number of rotatable bonds is 7. The summed E-state index contributed by atoms with van der Waals surface area (Å²) in [6.45, 7) is 1.77. The van der Waals surface area contributed by atoms with E-state index in [9.17, 15) is 22.8 Å². The number of hydrogen-bond acceptors (Lipinski definition) is 3. The van der Waals surface area contributed by atoms with Crippen LogP contribution in [0.2, 0.25) is 0 Å². The van der Waals surface area contributed by atoms with Gasteiger partial charge in [0.1, 0.15) is 6.54 Å². The van der Waals surface area contributed by atoms with Crippen LogP contribution in [0, 0.1) is 0 Å². The summed E-state index contributed by atoms with van der Waals surface area (Å²) in [5.74, 6) is -0.648. The van der Waals surface area contributed by atoms with Crippen LogP contribution < -0.4 is 10.2 Å². The Hall–Kier alpha value is -3.52. The van der Waals surface area contributed by atoms with Crippen LogP contribution in [-0.4, -0.2) is 24.4 Å². The molecule has 0 radical (unpaired) electrons. The second kappa shape index (κ2) is 11.0. The molecule has 1 aliphatic heterocycles. The SMILES string of the molecule is CC(CCc1ccccc1)NC(=O)CN1C(=O)C(=Cc2ccc(C(F)(F)F)cc2)Sc2ccccc21. The molecule has 2 amide bonds. The molecule has 0 saturated carbocycles. The van der Waals surface area contributed by atoms with E-state index in [-0.39, 0.29) is 24.4 Å². The van der Waals surface area contributed by atoms with Gasteiger partial charge >= 0.3 is 6.18 Å². The number of hydrogen-bond donors (Lipinski definition) is 1. The van der Waals surface area contributed by atoms with Crippen molar-refractivity contribution in [1.82, 2.24) is 5.32 Å². The highest BCUT2D eigenvalue weighted by Gasteiger charge is 2.32. The fourth-order valence-corrected chi connectivity index (χ4v) is 4.96. The second-order valence-electron chi connectivity index (χ2n) is 8.58. The van der Waals surface area contributed by atoms with Crippen molar-refractivity contribution in [2.45, 2.75) is 36.9 Å². The summed E-state index contributed by atoms with van der Waals surface area (Å²) in [6.07, 6.45) is -1.29. The van der Waals surface area contributed by atoms with Gasteiger partial charge in [-0.15, -0.1) is 0 Å². The van der Waals surface area contributed by atoms with Gasteiger partial charge in [0.05, 0.1) is 16.2 Å². The topological polar surface area (TPSA) is 49.4 Å². The molecule has 0 bridgehead atoms. The molecule has 1 atom stereocenters. The molecule has 8 heteroatoms. The molecule has 4 rings (SSSR count). The molecule has 0 fully saturated rings. The quantitative estimate of drug-likeness (QED) is 0.378. The monoisotopic (exact) mass is 510 g/mol. The summed E-state index contributed by atoms with van der Waals surface area (Å²) in [5, 5.41) is 2.97. The highest BCUT2D eigenvalue weighted by atomic mass is 32.2. The van der Waals surface area contributed by atoms with Crippen molar-refractivity contribution in [3.63, 3.8) is 0 Å². The fraction of sp³-hybridized carbons (Fsp3) is 0.214. The molecule has 1 unspecified atom stereocenters. The van der Waals surface area contributed by atoms with Gasteiger partial charge in [-0.25, -0.2) is 0 Å². The van der Waals surface area contributed by atoms with Crippen LogP contribution in [0.25, 0.3) is 6.08 Å². The molecule has 3 aromatic carbocycles. The largest absolute Gasteiger partial charge is 0.416 e. The van der Waals surface area contributed by atoms with Crippen LogP contribution in [0.1, 0.15) is 30.0 Å². The van der Waals surface area contributed by atoms with Gasteiger partial charge in [-0.2, -0.15) is 13.2 Å². The van der Waals surface area contributed by atoms with E-state index in [2.05, 4.69) is 5.32 Å². The van der Waals surface area contributed by atoms with Crippen molar-refractivity contribution in [3.8, 4) is 0 Å². The molecule has 0 aliphatic carbocycles. The zero-order valence-corrected chi connectivity index (χ0v) is 20.4. The first-order valence-electron chi connectivity index (χ1n) is 11.5. The van der Waals surface area contributed by atoms with E-state index in [0.717, 1.165) is 29.9 Å². The van der Waals surface area contributed by atoms with Crippen LogP contribution in [0.15, 0.2) is 88.7 Å². The molecule has 36 heavy (non-hydrogen) atoms. The minimum Gasteiger partial charge on any atom is -0.352 e. The molecule has 1 N–H and O–H groups in total. The van der Waals surface area contributed by atoms with Gasteiger partial charge in [-0.1, -0.05) is 66.4 Å². The van der Waals surface area contributed by atoms with Gasteiger partial charge < -0.3 is 5.32 Å². The summed E-state index contributed by atoms with van der Waals surface area (Å²) in [5.41, 5.74) is 1.53. The molecule has 1 heterocycles. The Morgan fingerprint density at radius 2 is 1.67 bits per heavy atom. The average molecular weight is 511 g/mol. The van der Waals surface area contributed by atoms with Crippen molar-refractivity contribution in [3.05, 3.63) is 100 Å². The van der Waals surface area contributed by atoms with Gasteiger partial charge in [-0.05, 0) is 61.2 Å². The number of halogens is 3. The molecular weight excluding hydrogens is 485 g/mol. The Morgan fingerprint density at radius 3 is 2.36 bits per heavy atom. The number of aryl methyl sites for hydroxylation is 1. The summed E-state index contributed by atoms with van der Waals surface area (Å²) < 4.78 is 38.7. The van der Waals surface area contributed by atoms with E-state index < -0.39 is 11.7 Å². The zero-order chi connectivity index (χ0) is 25.7. The van der Waals surface area contributed by atoms with Crippen LogP contribution >= 0.6 is 11.8 Å². The third kappa shape index (κ3) is 6.37. The Bertz CT molecular complexity index is 1260. The number of amides is 2. The summed E-state index contributed by atoms with van der Waals surface area (Å²) in [6, 6.07) is 21.8. The molecule has 186 valence electrons. The Balaban J connectivity index is 1.47. The Morgan fingerprint density at radius 1 is 1.00 bits per heavy atom. The number of nitrogens with zero attached hydrogens (tertiary/aromatic N) is 1. The minimum absolute atomic E-state index is 0.0793. The number of benzene rings is 3. The number of carbonyl (C=O) groups is 2. The number of anilines is 1. The highest BCUT2D eigenvalue weighted by molar-refractivity contribution is 8.04. The molecule has 0 saturated heterocycles. The van der Waals surface area contributed by atoms with E-state index in [4.69, 9.17) is 0 Å². The standard InChI is InChI=1S/C28H25F3N2O2S/c1-19(11-12-20-7-3-2-4-8-20)32-26(34)18-33-23-9-5-6-10-24(23)36-25(27(33)35)17-21-13-15-22(16-14-21)28(29,30)31/h2-10,13-17,19H,11-12,18H2,1H3,(H,32,34). The maximum Gasteiger partial charge on any atom is 0.416 e. The zero-order valence-electron chi connectivity index (χ0n) is 19.6. The lowest BCUT2D eigenvalue weighted by molar-refractivity contribution is -0.137. The lowest BCUT2D eigenvalue weighted by Crippen LogP contribution is -2.45. The summed E-state index contributed by atoms with van der Waals surface area (Å²) in [7, 11) is 0. The van der Waals surface area contributed by atoms with Crippen LogP contribution in [0.4, 0.5) is 18.9 Å². The van der Waals surface area contributed by atoms with E-state index in [0.29, 0.717) is 16.2 Å². The maximum atomic E-state index is 13.3. The molecule has 0 spiro atoms. The molecule has 1 aliphatic rings. The third-order valence-electron chi connectivity index (χ3n) is 5.79. The predicted molar refractivity (Wildman–Crippen MR) is 136 cm³/mol. The molecular formula is C28H25F3N2O2S. The fourth-order valence-electron chi connectivity index (χ4n) is 3.90. The number of nitrogens with one attached hydrogen (secondary N) is 1. The summed E-state index contributed by atoms with van der Waals surface area (Å²) in [4.78, 5) is 28.7. The van der Waals surface area contributed by atoms with Gasteiger partial charge in [-0.3, -0.25) is 14.5 Å².